The van der Waals surface area contributed by atoms with E-state index in [0.717, 1.165) is 0 Å². The second kappa shape index (κ2) is 5.94. The van der Waals surface area contributed by atoms with E-state index in [1.807, 2.05) is 19.9 Å². The van der Waals surface area contributed by atoms with Crippen LogP contribution in [0.1, 0.15) is 24.2 Å². The number of anilines is 1. The third-order valence-electron chi connectivity index (χ3n) is 2.25. The molecule has 2 N–H and O–H groups in total. The maximum Gasteiger partial charge on any atom is 0.335 e. The molecule has 92 valence electrons. The number of carboxylic acid groups (broad SMARTS) is 1. The standard InChI is InChI=1S/C13H17NO3/c1-9(2)6-7-14-11-8-10(13(15)16)4-5-12(11)17-3/h4-6,8,14H,7H2,1-3H3,(H,15,16). The Morgan fingerprint density at radius 2 is 2.18 bits per heavy atom. The zero-order valence-electron chi connectivity index (χ0n) is 10.3. The van der Waals surface area contributed by atoms with Crippen molar-refractivity contribution >= 4 is 11.7 Å². The van der Waals surface area contributed by atoms with E-state index in [1.165, 1.54) is 11.6 Å². The molecule has 0 bridgehead atoms. The lowest BCUT2D eigenvalue weighted by Gasteiger charge is -2.10. The predicted octanol–water partition coefficient (Wildman–Crippen LogP) is 2.77. The minimum absolute atomic E-state index is 0.241. The molecule has 0 fully saturated rings. The van der Waals surface area contributed by atoms with Gasteiger partial charge in [0.2, 0.25) is 0 Å². The first-order chi connectivity index (χ1) is 8.04. The predicted molar refractivity (Wildman–Crippen MR) is 67.9 cm³/mol. The zero-order chi connectivity index (χ0) is 12.8. The summed E-state index contributed by atoms with van der Waals surface area (Å²) < 4.78 is 5.16. The number of nitrogens with one attached hydrogen (secondary N) is 1. The number of carbonyl (C=O) groups is 1. The van der Waals surface area contributed by atoms with Crippen molar-refractivity contribution in [2.24, 2.45) is 0 Å². The number of benzene rings is 1. The van der Waals surface area contributed by atoms with E-state index < -0.39 is 5.97 Å². The van der Waals surface area contributed by atoms with Gasteiger partial charge in [-0.25, -0.2) is 4.79 Å². The third kappa shape index (κ3) is 3.83. The van der Waals surface area contributed by atoms with E-state index in [9.17, 15) is 4.79 Å². The lowest BCUT2D eigenvalue weighted by atomic mass is 10.2. The maximum atomic E-state index is 10.9. The Morgan fingerprint density at radius 3 is 2.71 bits per heavy atom. The molecule has 1 aromatic carbocycles. The number of methoxy groups -OCH3 is 1. The number of allylic oxidation sites excluding steroid dienone is 1. The van der Waals surface area contributed by atoms with Crippen molar-refractivity contribution in [3.8, 4) is 5.75 Å². The molecule has 0 unspecified atom stereocenters. The average Bonchev–Trinajstić information content (AvgIpc) is 2.28. The van der Waals surface area contributed by atoms with Gasteiger partial charge in [0.05, 0.1) is 18.4 Å². The third-order valence-corrected chi connectivity index (χ3v) is 2.25. The van der Waals surface area contributed by atoms with Crippen LogP contribution < -0.4 is 10.1 Å². The number of carboxylic acids is 1. The molecule has 0 saturated carbocycles. The van der Waals surface area contributed by atoms with Crippen LogP contribution in [0.2, 0.25) is 0 Å². The SMILES string of the molecule is COc1ccc(C(=O)O)cc1NCC=C(C)C. The Labute approximate surface area is 101 Å². The Hall–Kier alpha value is -1.97. The summed E-state index contributed by atoms with van der Waals surface area (Å²) in [5, 5.41) is 12.0. The highest BCUT2D eigenvalue weighted by molar-refractivity contribution is 5.89. The largest absolute Gasteiger partial charge is 0.495 e. The van der Waals surface area contributed by atoms with Gasteiger partial charge in [-0.15, -0.1) is 0 Å². The quantitative estimate of drug-likeness (QED) is 0.770. The zero-order valence-corrected chi connectivity index (χ0v) is 10.3. The molecular weight excluding hydrogens is 218 g/mol. The molecule has 0 aliphatic heterocycles. The van der Waals surface area contributed by atoms with Gasteiger partial charge in [-0.2, -0.15) is 0 Å². The summed E-state index contributed by atoms with van der Waals surface area (Å²) in [6.07, 6.45) is 2.02. The van der Waals surface area contributed by atoms with Crippen molar-refractivity contribution in [1.29, 1.82) is 0 Å². The molecule has 0 aliphatic carbocycles. The van der Waals surface area contributed by atoms with E-state index in [0.29, 0.717) is 18.0 Å². The van der Waals surface area contributed by atoms with Crippen LogP contribution in [-0.2, 0) is 0 Å². The molecule has 0 radical (unpaired) electrons. The molecule has 1 aromatic rings. The molecule has 0 spiro atoms. The minimum Gasteiger partial charge on any atom is -0.495 e. The van der Waals surface area contributed by atoms with E-state index in [-0.39, 0.29) is 5.56 Å². The topological polar surface area (TPSA) is 58.6 Å². The molecule has 4 heteroatoms. The van der Waals surface area contributed by atoms with Crippen molar-refractivity contribution < 1.29 is 14.6 Å². The summed E-state index contributed by atoms with van der Waals surface area (Å²) in [7, 11) is 1.56. The summed E-state index contributed by atoms with van der Waals surface area (Å²) in [5.41, 5.74) is 2.13. The molecule has 0 atom stereocenters. The molecule has 17 heavy (non-hydrogen) atoms. The van der Waals surface area contributed by atoms with Gasteiger partial charge in [0.25, 0.3) is 0 Å². The van der Waals surface area contributed by atoms with Crippen LogP contribution in [0.15, 0.2) is 29.8 Å². The van der Waals surface area contributed by atoms with Crippen LogP contribution in [0, 0.1) is 0 Å². The molecule has 4 nitrogen and oxygen atoms in total. The fraction of sp³-hybridized carbons (Fsp3) is 0.308. The van der Waals surface area contributed by atoms with Crippen LogP contribution in [0.5, 0.6) is 5.75 Å². The smallest absolute Gasteiger partial charge is 0.335 e. The monoisotopic (exact) mass is 235 g/mol. The van der Waals surface area contributed by atoms with Crippen LogP contribution >= 0.6 is 0 Å². The highest BCUT2D eigenvalue weighted by atomic mass is 16.5. The second-order valence-electron chi connectivity index (χ2n) is 3.88. The van der Waals surface area contributed by atoms with E-state index in [1.54, 1.807) is 19.2 Å². The van der Waals surface area contributed by atoms with Crippen molar-refractivity contribution in [2.75, 3.05) is 19.0 Å². The van der Waals surface area contributed by atoms with Gasteiger partial charge in [-0.1, -0.05) is 11.6 Å². The Kier molecular flexibility index (Phi) is 4.57. The van der Waals surface area contributed by atoms with Gasteiger partial charge in [0.15, 0.2) is 0 Å². The lowest BCUT2D eigenvalue weighted by Crippen LogP contribution is -2.04. The fourth-order valence-corrected chi connectivity index (χ4v) is 1.34. The van der Waals surface area contributed by atoms with Gasteiger partial charge in [0, 0.05) is 6.54 Å². The van der Waals surface area contributed by atoms with Gasteiger partial charge < -0.3 is 15.2 Å². The van der Waals surface area contributed by atoms with Crippen molar-refractivity contribution in [3.63, 3.8) is 0 Å². The first-order valence-electron chi connectivity index (χ1n) is 5.33. The van der Waals surface area contributed by atoms with Crippen LogP contribution in [-0.4, -0.2) is 24.7 Å². The van der Waals surface area contributed by atoms with Gasteiger partial charge >= 0.3 is 5.97 Å². The molecule has 0 aromatic heterocycles. The normalized spacial score (nSPS) is 9.59. The summed E-state index contributed by atoms with van der Waals surface area (Å²) in [4.78, 5) is 10.9. The summed E-state index contributed by atoms with van der Waals surface area (Å²) in [5.74, 6) is -0.310. The molecule has 1 rings (SSSR count). The molecular formula is C13H17NO3. The minimum atomic E-state index is -0.946. The summed E-state index contributed by atoms with van der Waals surface area (Å²) in [6, 6.07) is 4.74. The first kappa shape index (κ1) is 13.1. The molecule has 0 amide bonds. The van der Waals surface area contributed by atoms with Crippen molar-refractivity contribution in [3.05, 3.63) is 35.4 Å². The van der Waals surface area contributed by atoms with E-state index >= 15 is 0 Å². The molecule has 0 heterocycles. The summed E-state index contributed by atoms with van der Waals surface area (Å²) >= 11 is 0. The van der Waals surface area contributed by atoms with Crippen LogP contribution in [0.3, 0.4) is 0 Å². The fourth-order valence-electron chi connectivity index (χ4n) is 1.34. The second-order valence-corrected chi connectivity index (χ2v) is 3.88. The Bertz CT molecular complexity index is 434. The summed E-state index contributed by atoms with van der Waals surface area (Å²) in [6.45, 7) is 4.65. The van der Waals surface area contributed by atoms with Crippen molar-refractivity contribution in [1.82, 2.24) is 0 Å². The van der Waals surface area contributed by atoms with Gasteiger partial charge in [0.1, 0.15) is 5.75 Å². The highest BCUT2D eigenvalue weighted by Gasteiger charge is 2.07. The van der Waals surface area contributed by atoms with Crippen LogP contribution in [0.4, 0.5) is 5.69 Å². The van der Waals surface area contributed by atoms with Gasteiger partial charge in [-0.05, 0) is 32.0 Å². The van der Waals surface area contributed by atoms with E-state index in [4.69, 9.17) is 9.84 Å². The van der Waals surface area contributed by atoms with Crippen LogP contribution in [0.25, 0.3) is 0 Å². The molecule has 0 saturated heterocycles. The van der Waals surface area contributed by atoms with Crippen molar-refractivity contribution in [2.45, 2.75) is 13.8 Å². The Balaban J connectivity index is 2.90. The average molecular weight is 235 g/mol. The number of aromatic carboxylic acids is 1. The highest BCUT2D eigenvalue weighted by Crippen LogP contribution is 2.25. The first-order valence-corrected chi connectivity index (χ1v) is 5.33. The molecule has 0 aliphatic rings. The van der Waals surface area contributed by atoms with E-state index in [2.05, 4.69) is 5.32 Å². The number of ether oxygens (including phenoxy) is 1. The number of rotatable bonds is 5. The maximum absolute atomic E-state index is 10.9. The Morgan fingerprint density at radius 1 is 1.47 bits per heavy atom. The lowest BCUT2D eigenvalue weighted by molar-refractivity contribution is 0.0697. The van der Waals surface area contributed by atoms with Gasteiger partial charge in [-0.3, -0.25) is 0 Å². The number of hydrogen-bond acceptors (Lipinski definition) is 3. The number of hydrogen-bond donors (Lipinski definition) is 2.